The Kier molecular flexibility index (Phi) is 9.69. The molecule has 0 fully saturated rings. The van der Waals surface area contributed by atoms with E-state index in [0.717, 1.165) is 66.7 Å². The Morgan fingerprint density at radius 2 is 1.09 bits per heavy atom. The molecule has 0 amide bonds. The van der Waals surface area contributed by atoms with Crippen molar-refractivity contribution in [2.24, 2.45) is 0 Å². The third-order valence-corrected chi connectivity index (χ3v) is 10.7. The lowest BCUT2D eigenvalue weighted by molar-refractivity contribution is 1.04. The van der Waals surface area contributed by atoms with Gasteiger partial charge in [-0.15, -0.1) is 11.3 Å². The summed E-state index contributed by atoms with van der Waals surface area (Å²) in [7, 11) is 0. The van der Waals surface area contributed by atoms with Gasteiger partial charge in [0, 0.05) is 37.9 Å². The van der Waals surface area contributed by atoms with Gasteiger partial charge >= 0.3 is 0 Å². The normalized spacial score (nSPS) is 11.8. The van der Waals surface area contributed by atoms with Gasteiger partial charge in [0.2, 0.25) is 0 Å². The van der Waals surface area contributed by atoms with Gasteiger partial charge in [0.1, 0.15) is 0 Å². The Morgan fingerprint density at radius 3 is 1.79 bits per heavy atom. The quantitative estimate of drug-likeness (QED) is 0.131. The lowest BCUT2D eigenvalue weighted by Crippen LogP contribution is -2.02. The van der Waals surface area contributed by atoms with E-state index in [4.69, 9.17) is 24.9 Å². The highest BCUT2D eigenvalue weighted by Gasteiger charge is 2.17. The van der Waals surface area contributed by atoms with Crippen molar-refractivity contribution in [3.05, 3.63) is 206 Å². The first kappa shape index (κ1) is 34.6. The number of hydrogen-bond acceptors (Lipinski definition) is 6. The molecule has 0 aliphatic heterocycles. The van der Waals surface area contributed by atoms with Crippen LogP contribution in [0.1, 0.15) is 11.4 Å². The molecule has 0 bridgehead atoms. The van der Waals surface area contributed by atoms with E-state index in [-0.39, 0.29) is 0 Å². The second-order valence-corrected chi connectivity index (χ2v) is 14.4. The predicted molar refractivity (Wildman–Crippen MR) is 233 cm³/mol. The minimum Gasteiger partial charge on any atom is -0.226 e. The lowest BCUT2D eigenvalue weighted by Gasteiger charge is -2.10. The fourth-order valence-electron chi connectivity index (χ4n) is 6.82. The van der Waals surface area contributed by atoms with E-state index in [9.17, 15) is 0 Å². The van der Waals surface area contributed by atoms with Gasteiger partial charge in [0.25, 0.3) is 0 Å². The fourth-order valence-corrected chi connectivity index (χ4v) is 7.97. The molecule has 6 heteroatoms. The molecule has 9 rings (SSSR count). The average Bonchev–Trinajstić information content (AvgIpc) is 3.65. The standard InChI is InChI=1S/C50H35N5S/c1-2-17-36(47-53-48(37-22-8-4-9-23-37)55-49(54-47)38-24-10-5-11-25-38)26-14-18-34-19-15-27-39(32-34)40-28-16-29-41(33-40)50-51-44(35-20-6-3-7-21-35)46-45(52-50)42-30-12-13-31-43(42)56-46/h2-17,19-33H,1,18H2/b26-14-,36-17+. The number of fused-ring (bicyclic) bond motifs is 3. The summed E-state index contributed by atoms with van der Waals surface area (Å²) >= 11 is 1.75. The van der Waals surface area contributed by atoms with Crippen molar-refractivity contribution in [3.8, 4) is 56.5 Å². The Labute approximate surface area is 329 Å². The van der Waals surface area contributed by atoms with Crippen LogP contribution in [0.2, 0.25) is 0 Å². The van der Waals surface area contributed by atoms with E-state index in [1.54, 1.807) is 17.4 Å². The molecule has 6 aromatic carbocycles. The molecule has 9 aromatic rings. The first-order chi connectivity index (χ1) is 27.7. The maximum Gasteiger partial charge on any atom is 0.164 e. The van der Waals surface area contributed by atoms with Crippen molar-refractivity contribution >= 4 is 37.2 Å². The first-order valence-electron chi connectivity index (χ1n) is 18.5. The lowest BCUT2D eigenvalue weighted by atomic mass is 9.99. The molecule has 266 valence electrons. The summed E-state index contributed by atoms with van der Waals surface area (Å²) < 4.78 is 2.31. The number of thiophene rings is 1. The van der Waals surface area contributed by atoms with E-state index in [1.807, 2.05) is 72.8 Å². The largest absolute Gasteiger partial charge is 0.226 e. The Balaban J connectivity index is 1.02. The van der Waals surface area contributed by atoms with Crippen LogP contribution in [-0.4, -0.2) is 24.9 Å². The molecule has 0 aliphatic rings. The molecule has 0 radical (unpaired) electrons. The molecule has 0 unspecified atom stereocenters. The molecule has 0 N–H and O–H groups in total. The van der Waals surface area contributed by atoms with E-state index in [2.05, 4.69) is 116 Å². The summed E-state index contributed by atoms with van der Waals surface area (Å²) in [5.41, 5.74) is 10.1. The van der Waals surface area contributed by atoms with Crippen LogP contribution in [0.4, 0.5) is 0 Å². The third-order valence-electron chi connectivity index (χ3n) is 9.55. The van der Waals surface area contributed by atoms with Gasteiger partial charge < -0.3 is 0 Å². The minimum atomic E-state index is 0.589. The van der Waals surface area contributed by atoms with Crippen molar-refractivity contribution in [1.82, 2.24) is 24.9 Å². The molecule has 0 aliphatic carbocycles. The summed E-state index contributed by atoms with van der Waals surface area (Å²) in [6.07, 6.45) is 8.65. The van der Waals surface area contributed by atoms with Crippen LogP contribution in [-0.2, 0) is 6.42 Å². The highest BCUT2D eigenvalue weighted by atomic mass is 32.1. The Hall–Kier alpha value is -7.15. The molecule has 3 heterocycles. The number of allylic oxidation sites excluding steroid dienone is 5. The zero-order valence-electron chi connectivity index (χ0n) is 30.5. The fraction of sp³-hybridized carbons (Fsp3) is 0.0200. The van der Waals surface area contributed by atoms with Gasteiger partial charge in [-0.2, -0.15) is 0 Å². The first-order valence-corrected chi connectivity index (χ1v) is 19.3. The molecule has 0 atom stereocenters. The summed E-state index contributed by atoms with van der Waals surface area (Å²) in [5, 5.41) is 1.15. The molecule has 3 aromatic heterocycles. The summed E-state index contributed by atoms with van der Waals surface area (Å²) in [5.74, 6) is 2.55. The van der Waals surface area contributed by atoms with Crippen LogP contribution in [0.5, 0.6) is 0 Å². The van der Waals surface area contributed by atoms with E-state index >= 15 is 0 Å². The van der Waals surface area contributed by atoms with Crippen molar-refractivity contribution in [2.75, 3.05) is 0 Å². The molecular formula is C50H35N5S. The van der Waals surface area contributed by atoms with Gasteiger partial charge in [-0.05, 0) is 35.2 Å². The molecule has 0 spiro atoms. The zero-order valence-corrected chi connectivity index (χ0v) is 31.3. The van der Waals surface area contributed by atoms with Gasteiger partial charge in [0.05, 0.1) is 15.9 Å². The van der Waals surface area contributed by atoms with E-state index < -0.39 is 0 Å². The predicted octanol–water partition coefficient (Wildman–Crippen LogP) is 12.7. The van der Waals surface area contributed by atoms with Crippen LogP contribution in [0.25, 0.3) is 82.4 Å². The topological polar surface area (TPSA) is 64.5 Å². The molecular weight excluding hydrogens is 703 g/mol. The number of nitrogens with zero attached hydrogens (tertiary/aromatic N) is 5. The number of rotatable bonds is 10. The van der Waals surface area contributed by atoms with Gasteiger partial charge in [-0.1, -0.05) is 183 Å². The number of hydrogen-bond donors (Lipinski definition) is 0. The monoisotopic (exact) mass is 737 g/mol. The SMILES string of the molecule is C=C/C=C(\C=C/Cc1cccc(-c2cccc(-c3nc(-c4ccccc4)c4sc5ccccc5c4n3)c2)c1)c1nc(-c2ccccc2)nc(-c2ccccc2)n1. The van der Waals surface area contributed by atoms with Crippen LogP contribution in [0, 0.1) is 0 Å². The van der Waals surface area contributed by atoms with E-state index in [0.29, 0.717) is 23.3 Å². The minimum absolute atomic E-state index is 0.589. The highest BCUT2D eigenvalue weighted by Crippen LogP contribution is 2.39. The van der Waals surface area contributed by atoms with Crippen molar-refractivity contribution in [3.63, 3.8) is 0 Å². The molecule has 5 nitrogen and oxygen atoms in total. The van der Waals surface area contributed by atoms with Crippen LogP contribution >= 0.6 is 11.3 Å². The van der Waals surface area contributed by atoms with Gasteiger partial charge in [-0.3, -0.25) is 0 Å². The number of benzene rings is 6. The maximum atomic E-state index is 5.19. The molecule has 56 heavy (non-hydrogen) atoms. The average molecular weight is 738 g/mol. The van der Waals surface area contributed by atoms with Crippen LogP contribution < -0.4 is 0 Å². The van der Waals surface area contributed by atoms with Crippen LogP contribution in [0.15, 0.2) is 195 Å². The zero-order chi connectivity index (χ0) is 37.7. The third kappa shape index (κ3) is 7.21. The van der Waals surface area contributed by atoms with Crippen molar-refractivity contribution < 1.29 is 0 Å². The number of aromatic nitrogens is 5. The second kappa shape index (κ2) is 15.7. The van der Waals surface area contributed by atoms with E-state index in [1.165, 1.54) is 10.3 Å². The maximum absolute atomic E-state index is 5.19. The highest BCUT2D eigenvalue weighted by molar-refractivity contribution is 7.26. The van der Waals surface area contributed by atoms with Gasteiger partial charge in [-0.25, -0.2) is 24.9 Å². The second-order valence-electron chi connectivity index (χ2n) is 13.3. The summed E-state index contributed by atoms with van der Waals surface area (Å²) in [4.78, 5) is 25.0. The summed E-state index contributed by atoms with van der Waals surface area (Å²) in [6, 6.07) is 56.1. The van der Waals surface area contributed by atoms with Crippen LogP contribution in [0.3, 0.4) is 0 Å². The Bertz CT molecular complexity index is 2840. The molecule has 0 saturated heterocycles. The van der Waals surface area contributed by atoms with Gasteiger partial charge in [0.15, 0.2) is 23.3 Å². The summed E-state index contributed by atoms with van der Waals surface area (Å²) in [6.45, 7) is 3.98. The molecule has 0 saturated carbocycles. The Morgan fingerprint density at radius 1 is 0.518 bits per heavy atom. The van der Waals surface area contributed by atoms with Crippen molar-refractivity contribution in [2.45, 2.75) is 6.42 Å². The smallest absolute Gasteiger partial charge is 0.164 e. The van der Waals surface area contributed by atoms with Crippen molar-refractivity contribution in [1.29, 1.82) is 0 Å².